The maximum absolute atomic E-state index is 11.8. The van der Waals surface area contributed by atoms with E-state index >= 15 is 0 Å². The second-order valence-electron chi connectivity index (χ2n) is 4.45. The number of amides is 1. The second kappa shape index (κ2) is 3.81. The van der Waals surface area contributed by atoms with E-state index in [-0.39, 0.29) is 12.5 Å². The van der Waals surface area contributed by atoms with Crippen molar-refractivity contribution in [2.75, 3.05) is 0 Å². The van der Waals surface area contributed by atoms with E-state index in [1.807, 2.05) is 12.1 Å². The van der Waals surface area contributed by atoms with E-state index in [0.29, 0.717) is 0 Å². The lowest BCUT2D eigenvalue weighted by atomic mass is 10.1. The number of benzene rings is 1. The van der Waals surface area contributed by atoms with Gasteiger partial charge in [0.25, 0.3) is 15.9 Å². The molecular weight excluding hydrogens is 306 g/mol. The molecule has 0 spiro atoms. The summed E-state index contributed by atoms with van der Waals surface area (Å²) in [6, 6.07) is 7.21. The molecule has 1 aromatic carbocycles. The van der Waals surface area contributed by atoms with Crippen LogP contribution in [0.15, 0.2) is 28.7 Å². The number of carbonyl (C=O) groups excluding carboxylic acids is 1. The van der Waals surface area contributed by atoms with Gasteiger partial charge >= 0.3 is 0 Å². The van der Waals surface area contributed by atoms with Crippen LogP contribution in [0.1, 0.15) is 19.4 Å². The first-order valence-corrected chi connectivity index (χ1v) is 7.31. The summed E-state index contributed by atoms with van der Waals surface area (Å²) in [6.07, 6.45) is 0. The molecule has 0 atom stereocenters. The van der Waals surface area contributed by atoms with Gasteiger partial charge in [-0.25, -0.2) is 12.7 Å². The summed E-state index contributed by atoms with van der Waals surface area (Å²) < 4.78 is 24.3. The van der Waals surface area contributed by atoms with E-state index in [0.717, 1.165) is 14.3 Å². The van der Waals surface area contributed by atoms with Crippen molar-refractivity contribution in [3.05, 3.63) is 34.3 Å². The Morgan fingerprint density at radius 3 is 2.24 bits per heavy atom. The van der Waals surface area contributed by atoms with Crippen molar-refractivity contribution in [2.45, 2.75) is 25.1 Å². The molecule has 1 fully saturated rings. The van der Waals surface area contributed by atoms with Gasteiger partial charge in [-0.3, -0.25) is 4.79 Å². The Morgan fingerprint density at radius 2 is 1.76 bits per heavy atom. The van der Waals surface area contributed by atoms with Crippen molar-refractivity contribution in [1.82, 2.24) is 4.31 Å². The van der Waals surface area contributed by atoms with Gasteiger partial charge in [-0.1, -0.05) is 28.1 Å². The Kier molecular flexibility index (Phi) is 2.82. The van der Waals surface area contributed by atoms with Crippen LogP contribution in [0.4, 0.5) is 0 Å². The van der Waals surface area contributed by atoms with Gasteiger partial charge in [0.15, 0.2) is 4.75 Å². The van der Waals surface area contributed by atoms with Crippen LogP contribution in [0.25, 0.3) is 0 Å². The van der Waals surface area contributed by atoms with E-state index in [1.54, 1.807) is 12.1 Å². The molecule has 0 aliphatic carbocycles. The number of nitrogens with zero attached hydrogens (tertiary/aromatic N) is 1. The van der Waals surface area contributed by atoms with Gasteiger partial charge in [0, 0.05) is 4.47 Å². The van der Waals surface area contributed by atoms with E-state index in [4.69, 9.17) is 0 Å². The molecule has 1 heterocycles. The predicted octanol–water partition coefficient (Wildman–Crippen LogP) is 1.90. The van der Waals surface area contributed by atoms with Gasteiger partial charge in [0.05, 0.1) is 6.54 Å². The highest BCUT2D eigenvalue weighted by atomic mass is 79.9. The Hall–Kier alpha value is -0.880. The lowest BCUT2D eigenvalue weighted by Crippen LogP contribution is -2.66. The number of carbonyl (C=O) groups is 1. The van der Waals surface area contributed by atoms with Crippen molar-refractivity contribution in [1.29, 1.82) is 0 Å². The highest BCUT2D eigenvalue weighted by molar-refractivity contribution is 9.10. The maximum Gasteiger partial charge on any atom is 0.259 e. The summed E-state index contributed by atoms with van der Waals surface area (Å²) in [6.45, 7) is 2.98. The third kappa shape index (κ3) is 1.79. The fourth-order valence-electron chi connectivity index (χ4n) is 1.67. The minimum atomic E-state index is -3.49. The Bertz CT molecular complexity index is 563. The molecule has 0 radical (unpaired) electrons. The minimum absolute atomic E-state index is 0.109. The van der Waals surface area contributed by atoms with Crippen LogP contribution in [0, 0.1) is 0 Å². The van der Waals surface area contributed by atoms with Crippen LogP contribution in [-0.4, -0.2) is 23.4 Å². The van der Waals surface area contributed by atoms with E-state index in [1.165, 1.54) is 13.8 Å². The zero-order valence-electron chi connectivity index (χ0n) is 9.47. The van der Waals surface area contributed by atoms with Crippen LogP contribution in [0.5, 0.6) is 0 Å². The molecule has 4 nitrogen and oxygen atoms in total. The highest BCUT2D eigenvalue weighted by Gasteiger charge is 2.59. The zero-order chi connectivity index (χ0) is 12.8. The monoisotopic (exact) mass is 317 g/mol. The Balaban J connectivity index is 2.22. The van der Waals surface area contributed by atoms with Crippen LogP contribution in [0.2, 0.25) is 0 Å². The van der Waals surface area contributed by atoms with Gasteiger partial charge in [0.1, 0.15) is 0 Å². The van der Waals surface area contributed by atoms with Gasteiger partial charge in [-0.05, 0) is 31.5 Å². The average molecular weight is 318 g/mol. The smallest absolute Gasteiger partial charge is 0.259 e. The summed E-state index contributed by atoms with van der Waals surface area (Å²) in [7, 11) is -3.49. The van der Waals surface area contributed by atoms with Crippen LogP contribution in [-0.2, 0) is 21.4 Å². The van der Waals surface area contributed by atoms with Gasteiger partial charge in [0.2, 0.25) is 0 Å². The number of rotatable bonds is 2. The van der Waals surface area contributed by atoms with Crippen LogP contribution >= 0.6 is 15.9 Å². The molecule has 0 bridgehead atoms. The third-order valence-electron chi connectivity index (χ3n) is 2.92. The number of hydrogen-bond acceptors (Lipinski definition) is 3. The van der Waals surface area contributed by atoms with Crippen molar-refractivity contribution in [2.24, 2.45) is 0 Å². The molecule has 6 heteroatoms. The maximum atomic E-state index is 11.8. The van der Waals surface area contributed by atoms with E-state index in [2.05, 4.69) is 15.9 Å². The fraction of sp³-hybridized carbons (Fsp3) is 0.364. The Labute approximate surface area is 109 Å². The van der Waals surface area contributed by atoms with Crippen molar-refractivity contribution < 1.29 is 13.2 Å². The molecule has 1 aromatic rings. The molecule has 2 rings (SSSR count). The first-order chi connectivity index (χ1) is 7.76. The lowest BCUT2D eigenvalue weighted by Gasteiger charge is -2.43. The summed E-state index contributed by atoms with van der Waals surface area (Å²) in [4.78, 5) is 11.7. The highest BCUT2D eigenvalue weighted by Crippen LogP contribution is 2.36. The molecule has 0 saturated carbocycles. The molecule has 1 aliphatic rings. The molecule has 92 valence electrons. The average Bonchev–Trinajstić information content (AvgIpc) is 2.27. The molecule has 0 N–H and O–H groups in total. The molecular formula is C11H12BrNO3S. The van der Waals surface area contributed by atoms with Gasteiger partial charge in [-0.2, -0.15) is 0 Å². The standard InChI is InChI=1S/C11H12BrNO3S/c1-11(2)10(14)13(17(11,15)16)7-8-3-5-9(12)6-4-8/h3-6H,7H2,1-2H3. The lowest BCUT2D eigenvalue weighted by molar-refractivity contribution is -0.132. The van der Waals surface area contributed by atoms with Gasteiger partial charge < -0.3 is 0 Å². The second-order valence-corrected chi connectivity index (χ2v) is 7.78. The molecule has 1 saturated heterocycles. The van der Waals surface area contributed by atoms with Crippen molar-refractivity contribution >= 4 is 31.9 Å². The van der Waals surface area contributed by atoms with Crippen molar-refractivity contribution in [3.63, 3.8) is 0 Å². The fourth-order valence-corrected chi connectivity index (χ4v) is 3.45. The zero-order valence-corrected chi connectivity index (χ0v) is 11.9. The molecule has 1 amide bonds. The topological polar surface area (TPSA) is 54.5 Å². The van der Waals surface area contributed by atoms with E-state index in [9.17, 15) is 13.2 Å². The number of hydrogen-bond donors (Lipinski definition) is 0. The molecule has 1 aliphatic heterocycles. The SMILES string of the molecule is CC1(C)C(=O)N(Cc2ccc(Br)cc2)S1(=O)=O. The summed E-state index contributed by atoms with van der Waals surface area (Å²) in [5, 5.41) is 0. The summed E-state index contributed by atoms with van der Waals surface area (Å²) in [5.74, 6) is -0.347. The number of sulfonamides is 1. The number of halogens is 1. The normalized spacial score (nSPS) is 21.1. The predicted molar refractivity (Wildman–Crippen MR) is 67.7 cm³/mol. The Morgan fingerprint density at radius 1 is 1.24 bits per heavy atom. The largest absolute Gasteiger partial charge is 0.272 e. The van der Waals surface area contributed by atoms with Gasteiger partial charge in [-0.15, -0.1) is 0 Å². The molecule has 0 aromatic heterocycles. The molecule has 17 heavy (non-hydrogen) atoms. The quantitative estimate of drug-likeness (QED) is 0.837. The van der Waals surface area contributed by atoms with Crippen LogP contribution < -0.4 is 0 Å². The first-order valence-electron chi connectivity index (χ1n) is 5.08. The minimum Gasteiger partial charge on any atom is -0.272 e. The first kappa shape index (κ1) is 12.6. The van der Waals surface area contributed by atoms with Crippen molar-refractivity contribution in [3.8, 4) is 0 Å². The van der Waals surface area contributed by atoms with Crippen LogP contribution in [0.3, 0.4) is 0 Å². The summed E-state index contributed by atoms with van der Waals surface area (Å²) >= 11 is 3.30. The van der Waals surface area contributed by atoms with E-state index < -0.39 is 14.8 Å². The summed E-state index contributed by atoms with van der Waals surface area (Å²) in [5.41, 5.74) is 0.792. The molecule has 0 unspecified atom stereocenters. The third-order valence-corrected chi connectivity index (χ3v) is 5.78.